The number of thioether (sulfide) groups is 1. The number of aromatic nitrogens is 1. The highest BCUT2D eigenvalue weighted by molar-refractivity contribution is 8.00. The van der Waals surface area contributed by atoms with Crippen LogP contribution in [-0.2, 0) is 9.59 Å². The van der Waals surface area contributed by atoms with Gasteiger partial charge in [-0.25, -0.2) is 4.98 Å². The number of thiazole rings is 1. The van der Waals surface area contributed by atoms with Gasteiger partial charge in [-0.15, -0.1) is 23.1 Å². The van der Waals surface area contributed by atoms with E-state index in [4.69, 9.17) is 27.9 Å². The van der Waals surface area contributed by atoms with Gasteiger partial charge >= 0.3 is 0 Å². The van der Waals surface area contributed by atoms with Crippen LogP contribution in [0.15, 0.2) is 143 Å². The molecule has 0 radical (unpaired) electrons. The summed E-state index contributed by atoms with van der Waals surface area (Å²) in [5.41, 5.74) is 3.68. The van der Waals surface area contributed by atoms with Gasteiger partial charge in [0.05, 0.1) is 12.8 Å². The molecule has 3 N–H and O–H groups in total. The molecule has 1 heterocycles. The number of hydrogen-bond donors (Lipinski definition) is 3. The number of anilines is 2. The number of para-hydroxylation sites is 1. The summed E-state index contributed by atoms with van der Waals surface area (Å²) < 4.78 is 5.48. The smallest absolute Gasteiger partial charge is 0.272 e. The number of carbonyl (C=O) groups excluding carboxylic acids is 3. The first-order valence-corrected chi connectivity index (χ1v) is 18.3. The predicted molar refractivity (Wildman–Crippen MR) is 211 cm³/mol. The van der Waals surface area contributed by atoms with Crippen molar-refractivity contribution in [3.05, 3.63) is 165 Å². The molecule has 3 amide bonds. The Hall–Kier alpha value is -5.39. The van der Waals surface area contributed by atoms with Crippen molar-refractivity contribution in [3.8, 4) is 17.0 Å². The fraction of sp³-hybridized carbons (Fsp3) is 0.0500. The quantitative estimate of drug-likeness (QED) is 0.0846. The van der Waals surface area contributed by atoms with Crippen molar-refractivity contribution < 1.29 is 19.1 Å². The third kappa shape index (κ3) is 9.28. The Morgan fingerprint density at radius 2 is 1.52 bits per heavy atom. The summed E-state index contributed by atoms with van der Waals surface area (Å²) in [4.78, 5) is 45.8. The molecule has 12 heteroatoms. The zero-order valence-corrected chi connectivity index (χ0v) is 30.7. The second-order valence-corrected chi connectivity index (χ2v) is 14.0. The minimum absolute atomic E-state index is 0.0200. The van der Waals surface area contributed by atoms with E-state index < -0.39 is 17.1 Å². The maximum Gasteiger partial charge on any atom is 0.272 e. The molecule has 0 aliphatic carbocycles. The van der Waals surface area contributed by atoms with Crippen LogP contribution in [0.4, 0.5) is 10.8 Å². The number of halogens is 2. The van der Waals surface area contributed by atoms with Crippen LogP contribution in [0.3, 0.4) is 0 Å². The molecule has 260 valence electrons. The molecule has 52 heavy (non-hydrogen) atoms. The molecule has 8 nitrogen and oxygen atoms in total. The number of nitrogens with one attached hydrogen (secondary N) is 3. The molecule has 1 unspecified atom stereocenters. The molecule has 0 fully saturated rings. The molecule has 0 saturated heterocycles. The van der Waals surface area contributed by atoms with Crippen LogP contribution in [-0.4, -0.2) is 29.8 Å². The van der Waals surface area contributed by atoms with Crippen molar-refractivity contribution >= 4 is 80.9 Å². The van der Waals surface area contributed by atoms with Gasteiger partial charge < -0.3 is 20.7 Å². The van der Waals surface area contributed by atoms with E-state index in [2.05, 4.69) is 20.9 Å². The predicted octanol–water partition coefficient (Wildman–Crippen LogP) is 10.0. The highest BCUT2D eigenvalue weighted by Gasteiger charge is 2.24. The van der Waals surface area contributed by atoms with E-state index in [0.29, 0.717) is 43.4 Å². The van der Waals surface area contributed by atoms with E-state index in [1.807, 2.05) is 72.1 Å². The molecule has 1 atom stereocenters. The Morgan fingerprint density at radius 3 is 2.23 bits per heavy atom. The lowest BCUT2D eigenvalue weighted by Crippen LogP contribution is -2.30. The first-order valence-electron chi connectivity index (χ1n) is 15.8. The molecule has 1 aromatic heterocycles. The average Bonchev–Trinajstić information content (AvgIpc) is 3.63. The second kappa shape index (κ2) is 17.2. The van der Waals surface area contributed by atoms with Crippen molar-refractivity contribution in [2.45, 2.75) is 10.1 Å². The normalized spacial score (nSPS) is 11.7. The monoisotopic (exact) mass is 764 g/mol. The number of hydrogen-bond acceptors (Lipinski definition) is 7. The average molecular weight is 766 g/mol. The molecule has 6 rings (SSSR count). The molecule has 6 aromatic rings. The van der Waals surface area contributed by atoms with E-state index in [9.17, 15) is 14.4 Å². The summed E-state index contributed by atoms with van der Waals surface area (Å²) in [7, 11) is 1.61. The topological polar surface area (TPSA) is 109 Å². The Bertz CT molecular complexity index is 2230. The van der Waals surface area contributed by atoms with Crippen molar-refractivity contribution in [1.82, 2.24) is 10.3 Å². The zero-order chi connectivity index (χ0) is 36.5. The minimum Gasteiger partial charge on any atom is -0.496 e. The Kier molecular flexibility index (Phi) is 12.1. The van der Waals surface area contributed by atoms with Gasteiger partial charge in [0.2, 0.25) is 5.91 Å². The fourth-order valence-corrected chi connectivity index (χ4v) is 7.25. The molecular formula is C40H30Cl2N4O4S2. The number of methoxy groups -OCH3 is 1. The van der Waals surface area contributed by atoms with E-state index in [1.54, 1.807) is 67.8 Å². The lowest BCUT2D eigenvalue weighted by Gasteiger charge is -2.17. The molecule has 0 bridgehead atoms. The van der Waals surface area contributed by atoms with Gasteiger partial charge in [0.15, 0.2) is 5.13 Å². The van der Waals surface area contributed by atoms with E-state index >= 15 is 0 Å². The molecule has 0 aliphatic heterocycles. The van der Waals surface area contributed by atoms with E-state index in [0.717, 1.165) is 16.0 Å². The SMILES string of the molecule is COc1ccccc1-c1csc(NC(=O)C(Sc2ccc(NC(=O)/C(=C/c3ccc(Cl)cc3Cl)NC(=O)c3ccccc3)cc2)c2ccccc2)n1. The number of nitrogens with zero attached hydrogens (tertiary/aromatic N) is 1. The fourth-order valence-electron chi connectivity index (χ4n) is 5.05. The maximum absolute atomic E-state index is 13.8. The van der Waals surface area contributed by atoms with Crippen molar-refractivity contribution in [3.63, 3.8) is 0 Å². The summed E-state index contributed by atoms with van der Waals surface area (Å²) in [6.45, 7) is 0. The van der Waals surface area contributed by atoms with Gasteiger partial charge in [-0.3, -0.25) is 14.4 Å². The van der Waals surface area contributed by atoms with E-state index in [1.165, 1.54) is 29.2 Å². The van der Waals surface area contributed by atoms with Crippen LogP contribution in [0.25, 0.3) is 17.3 Å². The van der Waals surface area contributed by atoms with Crippen molar-refractivity contribution in [2.24, 2.45) is 0 Å². The number of ether oxygens (including phenoxy) is 1. The summed E-state index contributed by atoms with van der Waals surface area (Å²) in [5, 5.41) is 11.0. The van der Waals surface area contributed by atoms with Gasteiger partial charge in [0, 0.05) is 37.1 Å². The van der Waals surface area contributed by atoms with Gasteiger partial charge in [-0.1, -0.05) is 89.9 Å². The third-order valence-corrected chi connectivity index (χ3v) is 10.2. The van der Waals surface area contributed by atoms with Crippen LogP contribution in [0.2, 0.25) is 10.0 Å². The summed E-state index contributed by atoms with van der Waals surface area (Å²) in [6, 6.07) is 37.6. The van der Waals surface area contributed by atoms with Crippen LogP contribution >= 0.6 is 46.3 Å². The first-order chi connectivity index (χ1) is 25.3. The first kappa shape index (κ1) is 36.4. The molecule has 5 aromatic carbocycles. The largest absolute Gasteiger partial charge is 0.496 e. The lowest BCUT2D eigenvalue weighted by atomic mass is 10.1. The van der Waals surface area contributed by atoms with Gasteiger partial charge in [-0.2, -0.15) is 0 Å². The van der Waals surface area contributed by atoms with Crippen LogP contribution in [0.5, 0.6) is 5.75 Å². The Balaban J connectivity index is 1.18. The summed E-state index contributed by atoms with van der Waals surface area (Å²) in [6.07, 6.45) is 1.49. The maximum atomic E-state index is 13.8. The van der Waals surface area contributed by atoms with Gasteiger partial charge in [-0.05, 0) is 77.9 Å². The Labute approximate surface area is 318 Å². The molecule has 0 spiro atoms. The third-order valence-electron chi connectivity index (χ3n) is 7.61. The highest BCUT2D eigenvalue weighted by atomic mass is 35.5. The molecule has 0 saturated carbocycles. The van der Waals surface area contributed by atoms with Gasteiger partial charge in [0.1, 0.15) is 16.7 Å². The molecular weight excluding hydrogens is 736 g/mol. The Morgan fingerprint density at radius 1 is 0.827 bits per heavy atom. The number of benzene rings is 5. The van der Waals surface area contributed by atoms with Crippen molar-refractivity contribution in [2.75, 3.05) is 17.7 Å². The standard InChI is InChI=1S/C40H30Cl2N4O4S2/c1-50-35-15-9-8-14-31(35)34-24-51-40(45-34)46-39(49)36(25-10-4-2-5-11-25)52-30-20-18-29(19-21-30)43-38(48)33(22-27-16-17-28(41)23-32(27)42)44-37(47)26-12-6-3-7-13-26/h2-24,36H,1H3,(H,43,48)(H,44,47)(H,45,46,49)/b33-22-. The van der Waals surface area contributed by atoms with Gasteiger partial charge in [0.25, 0.3) is 11.8 Å². The van der Waals surface area contributed by atoms with Crippen molar-refractivity contribution in [1.29, 1.82) is 0 Å². The van der Waals surface area contributed by atoms with Crippen LogP contribution in [0, 0.1) is 0 Å². The zero-order valence-electron chi connectivity index (χ0n) is 27.5. The number of amides is 3. The minimum atomic E-state index is -0.605. The number of rotatable bonds is 12. The van der Waals surface area contributed by atoms with Crippen LogP contribution < -0.4 is 20.7 Å². The summed E-state index contributed by atoms with van der Waals surface area (Å²) >= 11 is 15.1. The summed E-state index contributed by atoms with van der Waals surface area (Å²) in [5.74, 6) is -0.566. The van der Waals surface area contributed by atoms with E-state index in [-0.39, 0.29) is 11.6 Å². The number of carbonyl (C=O) groups is 3. The van der Waals surface area contributed by atoms with Crippen LogP contribution in [0.1, 0.15) is 26.7 Å². The highest BCUT2D eigenvalue weighted by Crippen LogP contribution is 2.38. The second-order valence-electron chi connectivity index (χ2n) is 11.2. The lowest BCUT2D eigenvalue weighted by molar-refractivity contribution is -0.116. The molecule has 0 aliphatic rings.